The van der Waals surface area contributed by atoms with Gasteiger partial charge in [-0.2, -0.15) is 5.26 Å². The first kappa shape index (κ1) is 14.0. The molecule has 0 aliphatic rings. The molecule has 0 saturated heterocycles. The quantitative estimate of drug-likeness (QED) is 0.871. The molecule has 0 fully saturated rings. The summed E-state index contributed by atoms with van der Waals surface area (Å²) in [6.07, 6.45) is 0. The molecule has 20 heavy (non-hydrogen) atoms. The fourth-order valence-electron chi connectivity index (χ4n) is 1.73. The van der Waals surface area contributed by atoms with Crippen LogP contribution in [0, 0.1) is 17.1 Å². The lowest BCUT2D eigenvalue weighted by Gasteiger charge is -2.08. The van der Waals surface area contributed by atoms with E-state index in [0.717, 1.165) is 6.07 Å². The standard InChI is InChI=1S/C14H10FNO3S/c1-19-10-4-2-5-11(8-10)20(17,18)14-7-3-6-13(15)12(14)9-16/h2-8H,1H3. The lowest BCUT2D eigenvalue weighted by atomic mass is 10.2. The molecule has 2 aromatic carbocycles. The lowest BCUT2D eigenvalue weighted by molar-refractivity contribution is 0.413. The van der Waals surface area contributed by atoms with Crippen LogP contribution < -0.4 is 4.74 Å². The normalized spacial score (nSPS) is 10.8. The highest BCUT2D eigenvalue weighted by Gasteiger charge is 2.23. The van der Waals surface area contributed by atoms with Crippen molar-refractivity contribution in [3.05, 3.63) is 53.8 Å². The molecule has 0 aliphatic carbocycles. The zero-order valence-corrected chi connectivity index (χ0v) is 11.3. The SMILES string of the molecule is COc1cccc(S(=O)(=O)c2cccc(F)c2C#N)c1. The molecule has 0 aromatic heterocycles. The smallest absolute Gasteiger partial charge is 0.208 e. The summed E-state index contributed by atoms with van der Waals surface area (Å²) in [4.78, 5) is -0.410. The Morgan fingerprint density at radius 3 is 2.55 bits per heavy atom. The van der Waals surface area contributed by atoms with Crippen molar-refractivity contribution in [1.82, 2.24) is 0 Å². The fraction of sp³-hybridized carbons (Fsp3) is 0.0714. The third-order valence-electron chi connectivity index (χ3n) is 2.73. The van der Waals surface area contributed by atoms with Gasteiger partial charge in [0.15, 0.2) is 0 Å². The molecule has 0 saturated carbocycles. The van der Waals surface area contributed by atoms with Gasteiger partial charge in [0.25, 0.3) is 0 Å². The van der Waals surface area contributed by atoms with Crippen LogP contribution in [-0.4, -0.2) is 15.5 Å². The molecule has 0 radical (unpaired) electrons. The second-order valence-electron chi connectivity index (χ2n) is 3.91. The highest BCUT2D eigenvalue weighted by atomic mass is 32.2. The monoisotopic (exact) mass is 291 g/mol. The van der Waals surface area contributed by atoms with E-state index in [1.165, 1.54) is 37.4 Å². The van der Waals surface area contributed by atoms with Gasteiger partial charge in [-0.15, -0.1) is 0 Å². The predicted molar refractivity (Wildman–Crippen MR) is 69.6 cm³/mol. The number of methoxy groups -OCH3 is 1. The molecule has 4 nitrogen and oxygen atoms in total. The van der Waals surface area contributed by atoms with E-state index in [9.17, 15) is 12.8 Å². The summed E-state index contributed by atoms with van der Waals surface area (Å²) in [5, 5.41) is 8.93. The molecule has 102 valence electrons. The van der Waals surface area contributed by atoms with E-state index in [4.69, 9.17) is 10.00 Å². The summed E-state index contributed by atoms with van der Waals surface area (Å²) in [6, 6.07) is 10.9. The summed E-state index contributed by atoms with van der Waals surface area (Å²) < 4.78 is 43.4. The average Bonchev–Trinajstić information content (AvgIpc) is 2.47. The van der Waals surface area contributed by atoms with E-state index in [2.05, 4.69) is 0 Å². The van der Waals surface area contributed by atoms with Crippen LogP contribution in [0.2, 0.25) is 0 Å². The summed E-state index contributed by atoms with van der Waals surface area (Å²) in [5.74, 6) is -0.502. The minimum atomic E-state index is -3.98. The van der Waals surface area contributed by atoms with Crippen LogP contribution in [0.15, 0.2) is 52.3 Å². The molecule has 2 aromatic rings. The molecule has 0 N–H and O–H groups in total. The van der Waals surface area contributed by atoms with Gasteiger partial charge < -0.3 is 4.74 Å². The van der Waals surface area contributed by atoms with Gasteiger partial charge in [0, 0.05) is 0 Å². The van der Waals surface area contributed by atoms with Crippen molar-refractivity contribution in [2.75, 3.05) is 7.11 Å². The maximum absolute atomic E-state index is 13.5. The van der Waals surface area contributed by atoms with Gasteiger partial charge in [-0.05, 0) is 30.3 Å². The first-order chi connectivity index (χ1) is 9.50. The van der Waals surface area contributed by atoms with E-state index in [-0.39, 0.29) is 9.79 Å². The van der Waals surface area contributed by atoms with E-state index in [1.807, 2.05) is 0 Å². The van der Waals surface area contributed by atoms with Crippen molar-refractivity contribution in [2.45, 2.75) is 9.79 Å². The van der Waals surface area contributed by atoms with Gasteiger partial charge in [-0.25, -0.2) is 12.8 Å². The Bertz CT molecular complexity index is 794. The molecule has 6 heteroatoms. The topological polar surface area (TPSA) is 67.2 Å². The highest BCUT2D eigenvalue weighted by Crippen LogP contribution is 2.27. The second-order valence-corrected chi connectivity index (χ2v) is 5.83. The molecule has 2 rings (SSSR count). The maximum atomic E-state index is 13.5. The number of hydrogen-bond acceptors (Lipinski definition) is 4. The van der Waals surface area contributed by atoms with Crippen molar-refractivity contribution in [1.29, 1.82) is 5.26 Å². The molecule has 0 heterocycles. The molecular weight excluding hydrogens is 281 g/mol. The Hall–Kier alpha value is -2.39. The second kappa shape index (κ2) is 5.31. The average molecular weight is 291 g/mol. The van der Waals surface area contributed by atoms with Gasteiger partial charge in [-0.1, -0.05) is 12.1 Å². The Labute approximate surface area is 116 Å². The van der Waals surface area contributed by atoms with Crippen molar-refractivity contribution in [3.8, 4) is 11.8 Å². The Balaban J connectivity index is 2.68. The Morgan fingerprint density at radius 1 is 1.20 bits per heavy atom. The molecule has 0 bridgehead atoms. The summed E-state index contributed by atoms with van der Waals surface area (Å²) in [6.45, 7) is 0. The van der Waals surface area contributed by atoms with Crippen LogP contribution >= 0.6 is 0 Å². The third-order valence-corrected chi connectivity index (χ3v) is 4.52. The van der Waals surface area contributed by atoms with Crippen LogP contribution in [0.25, 0.3) is 0 Å². The number of rotatable bonds is 3. The molecule has 0 aliphatic heterocycles. The van der Waals surface area contributed by atoms with Gasteiger partial charge in [0.05, 0.1) is 16.9 Å². The predicted octanol–water partition coefficient (Wildman–Crippen LogP) is 2.54. The van der Waals surface area contributed by atoms with Gasteiger partial charge >= 0.3 is 0 Å². The number of halogens is 1. The zero-order chi connectivity index (χ0) is 14.8. The first-order valence-electron chi connectivity index (χ1n) is 5.58. The summed E-state index contributed by atoms with van der Waals surface area (Å²) >= 11 is 0. The first-order valence-corrected chi connectivity index (χ1v) is 7.07. The Kier molecular flexibility index (Phi) is 3.72. The minimum absolute atomic E-state index is 0.0565. The van der Waals surface area contributed by atoms with E-state index in [1.54, 1.807) is 12.1 Å². The molecule has 0 atom stereocenters. The molecule has 0 spiro atoms. The van der Waals surface area contributed by atoms with Gasteiger partial charge in [0.2, 0.25) is 9.84 Å². The van der Waals surface area contributed by atoms with Crippen molar-refractivity contribution in [3.63, 3.8) is 0 Å². The zero-order valence-electron chi connectivity index (χ0n) is 10.5. The van der Waals surface area contributed by atoms with Crippen molar-refractivity contribution in [2.24, 2.45) is 0 Å². The van der Waals surface area contributed by atoms with Crippen LogP contribution in [0.1, 0.15) is 5.56 Å². The van der Waals surface area contributed by atoms with Crippen molar-refractivity contribution >= 4 is 9.84 Å². The van der Waals surface area contributed by atoms with E-state index >= 15 is 0 Å². The van der Waals surface area contributed by atoms with E-state index < -0.39 is 21.2 Å². The van der Waals surface area contributed by atoms with Gasteiger partial charge in [-0.3, -0.25) is 0 Å². The van der Waals surface area contributed by atoms with Crippen LogP contribution in [0.5, 0.6) is 5.75 Å². The number of nitriles is 1. The minimum Gasteiger partial charge on any atom is -0.497 e. The molecule has 0 unspecified atom stereocenters. The maximum Gasteiger partial charge on any atom is 0.208 e. The molecule has 0 amide bonds. The summed E-state index contributed by atoms with van der Waals surface area (Å²) in [7, 11) is -2.57. The number of benzene rings is 2. The van der Waals surface area contributed by atoms with E-state index in [0.29, 0.717) is 5.75 Å². The molecular formula is C14H10FNO3S. The van der Waals surface area contributed by atoms with Gasteiger partial charge in [0.1, 0.15) is 23.2 Å². The number of ether oxygens (including phenoxy) is 1. The lowest BCUT2D eigenvalue weighted by Crippen LogP contribution is -2.06. The summed E-state index contributed by atoms with van der Waals surface area (Å²) in [5.41, 5.74) is -0.490. The third kappa shape index (κ3) is 2.36. The largest absolute Gasteiger partial charge is 0.497 e. The Morgan fingerprint density at radius 2 is 1.90 bits per heavy atom. The number of sulfone groups is 1. The highest BCUT2D eigenvalue weighted by molar-refractivity contribution is 7.91. The number of hydrogen-bond donors (Lipinski definition) is 0. The van der Waals surface area contributed by atoms with Crippen LogP contribution in [0.3, 0.4) is 0 Å². The number of nitrogens with zero attached hydrogens (tertiary/aromatic N) is 1. The van der Waals surface area contributed by atoms with Crippen LogP contribution in [-0.2, 0) is 9.84 Å². The van der Waals surface area contributed by atoms with Crippen LogP contribution in [0.4, 0.5) is 4.39 Å². The van der Waals surface area contributed by atoms with Crippen molar-refractivity contribution < 1.29 is 17.5 Å². The fourth-order valence-corrected chi connectivity index (χ4v) is 3.18.